The summed E-state index contributed by atoms with van der Waals surface area (Å²) in [5, 5.41) is 5.57. The topological polar surface area (TPSA) is 61.4 Å². The second-order valence-electron chi connectivity index (χ2n) is 7.04. The highest BCUT2D eigenvalue weighted by Crippen LogP contribution is 2.19. The molecule has 1 aliphatic heterocycles. The number of halogens is 1. The summed E-state index contributed by atoms with van der Waals surface area (Å²) < 4.78 is 13.0. The Bertz CT molecular complexity index is 807. The van der Waals surface area contributed by atoms with E-state index >= 15 is 0 Å². The number of rotatable bonds is 5. The number of hydrogen-bond donors (Lipinski definition) is 2. The number of hydrogen-bond acceptors (Lipinski definition) is 3. The predicted octanol–water partition coefficient (Wildman–Crippen LogP) is 3.75. The molecule has 0 aromatic heterocycles. The molecule has 1 aliphatic rings. The summed E-state index contributed by atoms with van der Waals surface area (Å²) in [6, 6.07) is 12.4. The predicted molar refractivity (Wildman–Crippen MR) is 104 cm³/mol. The third-order valence-corrected chi connectivity index (χ3v) is 4.66. The van der Waals surface area contributed by atoms with Gasteiger partial charge in [0.2, 0.25) is 5.91 Å². The van der Waals surface area contributed by atoms with Crippen LogP contribution in [0.15, 0.2) is 48.5 Å². The molecule has 0 saturated carbocycles. The molecule has 0 radical (unpaired) electrons. The fraction of sp³-hybridized carbons (Fsp3) is 0.333. The van der Waals surface area contributed by atoms with Crippen molar-refractivity contribution in [2.75, 3.05) is 30.3 Å². The van der Waals surface area contributed by atoms with Gasteiger partial charge in [-0.2, -0.15) is 0 Å². The number of carbonyl (C=O) groups is 2. The third-order valence-electron chi connectivity index (χ3n) is 4.66. The van der Waals surface area contributed by atoms with Crippen molar-refractivity contribution in [3.05, 3.63) is 59.9 Å². The van der Waals surface area contributed by atoms with Gasteiger partial charge in [0, 0.05) is 12.2 Å². The van der Waals surface area contributed by atoms with Gasteiger partial charge >= 0.3 is 0 Å². The average Bonchev–Trinajstić information content (AvgIpc) is 2.64. The standard InChI is InChI=1S/C21H24FN3O2/c1-15-5-4-12-25(13-15)14-20(26)24-19-7-3-2-6-18(19)21(27)23-17-10-8-16(22)9-11-17/h2-3,6-11,15H,4-5,12-14H2,1H3,(H,23,27)(H,24,26). The van der Waals surface area contributed by atoms with E-state index in [1.54, 1.807) is 24.3 Å². The minimum Gasteiger partial charge on any atom is -0.324 e. The first-order valence-electron chi connectivity index (χ1n) is 9.19. The molecule has 1 unspecified atom stereocenters. The number of benzene rings is 2. The summed E-state index contributed by atoms with van der Waals surface area (Å²) >= 11 is 0. The number of nitrogens with zero attached hydrogens (tertiary/aromatic N) is 1. The zero-order valence-corrected chi connectivity index (χ0v) is 15.4. The molecule has 1 heterocycles. The molecular formula is C21H24FN3O2. The fourth-order valence-corrected chi connectivity index (χ4v) is 3.34. The Labute approximate surface area is 158 Å². The number of amides is 2. The lowest BCUT2D eigenvalue weighted by atomic mass is 10.0. The molecule has 2 aromatic rings. The number of carbonyl (C=O) groups excluding carboxylic acids is 2. The Balaban J connectivity index is 1.65. The van der Waals surface area contributed by atoms with E-state index in [1.165, 1.54) is 30.7 Å². The van der Waals surface area contributed by atoms with Gasteiger partial charge in [0.05, 0.1) is 17.8 Å². The van der Waals surface area contributed by atoms with Gasteiger partial charge in [-0.05, 0) is 61.7 Å². The number of para-hydroxylation sites is 1. The molecule has 1 saturated heterocycles. The zero-order chi connectivity index (χ0) is 19.2. The second kappa shape index (κ2) is 8.77. The molecule has 2 aromatic carbocycles. The van der Waals surface area contributed by atoms with Crippen molar-refractivity contribution in [1.82, 2.24) is 4.90 Å². The Morgan fingerprint density at radius 2 is 1.85 bits per heavy atom. The average molecular weight is 369 g/mol. The molecular weight excluding hydrogens is 345 g/mol. The van der Waals surface area contributed by atoms with E-state index in [1.807, 2.05) is 0 Å². The number of likely N-dealkylation sites (tertiary alicyclic amines) is 1. The molecule has 27 heavy (non-hydrogen) atoms. The van der Waals surface area contributed by atoms with Gasteiger partial charge in [-0.3, -0.25) is 14.5 Å². The quantitative estimate of drug-likeness (QED) is 0.844. The maximum atomic E-state index is 13.0. The van der Waals surface area contributed by atoms with Crippen LogP contribution in [0, 0.1) is 11.7 Å². The Kier molecular flexibility index (Phi) is 6.19. The molecule has 0 bridgehead atoms. The van der Waals surface area contributed by atoms with Gasteiger partial charge in [-0.15, -0.1) is 0 Å². The lowest BCUT2D eigenvalue weighted by Crippen LogP contribution is -2.39. The highest BCUT2D eigenvalue weighted by atomic mass is 19.1. The van der Waals surface area contributed by atoms with Crippen molar-refractivity contribution < 1.29 is 14.0 Å². The van der Waals surface area contributed by atoms with Crippen LogP contribution in [0.5, 0.6) is 0 Å². The van der Waals surface area contributed by atoms with Crippen molar-refractivity contribution in [2.24, 2.45) is 5.92 Å². The van der Waals surface area contributed by atoms with Crippen molar-refractivity contribution in [3.8, 4) is 0 Å². The van der Waals surface area contributed by atoms with Crippen LogP contribution in [0.3, 0.4) is 0 Å². The second-order valence-corrected chi connectivity index (χ2v) is 7.04. The van der Waals surface area contributed by atoms with Crippen molar-refractivity contribution in [2.45, 2.75) is 19.8 Å². The van der Waals surface area contributed by atoms with E-state index < -0.39 is 0 Å². The van der Waals surface area contributed by atoms with Crippen LogP contribution in [0.2, 0.25) is 0 Å². The highest BCUT2D eigenvalue weighted by molar-refractivity contribution is 6.10. The largest absolute Gasteiger partial charge is 0.324 e. The van der Waals surface area contributed by atoms with Crippen LogP contribution in [0.4, 0.5) is 15.8 Å². The van der Waals surface area contributed by atoms with E-state index in [-0.39, 0.29) is 17.6 Å². The summed E-state index contributed by atoms with van der Waals surface area (Å²) in [6.07, 6.45) is 2.30. The lowest BCUT2D eigenvalue weighted by Gasteiger charge is -2.30. The van der Waals surface area contributed by atoms with Crippen LogP contribution in [0.25, 0.3) is 0 Å². The van der Waals surface area contributed by atoms with Crippen LogP contribution in [0.1, 0.15) is 30.1 Å². The zero-order valence-electron chi connectivity index (χ0n) is 15.4. The Hall–Kier alpha value is -2.73. The number of piperidine rings is 1. The van der Waals surface area contributed by atoms with Crippen molar-refractivity contribution >= 4 is 23.2 Å². The molecule has 0 aliphatic carbocycles. The number of nitrogens with one attached hydrogen (secondary N) is 2. The van der Waals surface area contributed by atoms with Gasteiger partial charge in [-0.25, -0.2) is 4.39 Å². The summed E-state index contributed by atoms with van der Waals surface area (Å²) in [4.78, 5) is 27.1. The molecule has 2 N–H and O–H groups in total. The minimum absolute atomic E-state index is 0.133. The van der Waals surface area contributed by atoms with E-state index in [4.69, 9.17) is 0 Å². The highest BCUT2D eigenvalue weighted by Gasteiger charge is 2.19. The number of anilines is 2. The summed E-state index contributed by atoms with van der Waals surface area (Å²) in [5.41, 5.74) is 1.32. The van der Waals surface area contributed by atoms with Crippen LogP contribution in [-0.2, 0) is 4.79 Å². The maximum Gasteiger partial charge on any atom is 0.257 e. The Morgan fingerprint density at radius 1 is 1.11 bits per heavy atom. The van der Waals surface area contributed by atoms with Gasteiger partial charge in [0.25, 0.3) is 5.91 Å². The van der Waals surface area contributed by atoms with E-state index in [2.05, 4.69) is 22.5 Å². The summed E-state index contributed by atoms with van der Waals surface area (Å²) in [7, 11) is 0. The van der Waals surface area contributed by atoms with Gasteiger partial charge < -0.3 is 10.6 Å². The monoisotopic (exact) mass is 369 g/mol. The maximum absolute atomic E-state index is 13.0. The molecule has 0 spiro atoms. The Morgan fingerprint density at radius 3 is 2.59 bits per heavy atom. The van der Waals surface area contributed by atoms with Crippen molar-refractivity contribution in [3.63, 3.8) is 0 Å². The first-order chi connectivity index (χ1) is 13.0. The lowest BCUT2D eigenvalue weighted by molar-refractivity contribution is -0.117. The normalized spacial score (nSPS) is 17.3. The van der Waals surface area contributed by atoms with E-state index in [0.717, 1.165) is 19.5 Å². The molecule has 5 nitrogen and oxygen atoms in total. The molecule has 1 atom stereocenters. The molecule has 6 heteroatoms. The van der Waals surface area contributed by atoms with Crippen molar-refractivity contribution in [1.29, 1.82) is 0 Å². The molecule has 1 fully saturated rings. The first kappa shape index (κ1) is 19.0. The molecule has 2 amide bonds. The van der Waals surface area contributed by atoms with Crippen LogP contribution in [-0.4, -0.2) is 36.3 Å². The smallest absolute Gasteiger partial charge is 0.257 e. The minimum atomic E-state index is -0.368. The van der Waals surface area contributed by atoms with Gasteiger partial charge in [-0.1, -0.05) is 19.1 Å². The first-order valence-corrected chi connectivity index (χ1v) is 9.19. The van der Waals surface area contributed by atoms with Gasteiger partial charge in [0.1, 0.15) is 5.82 Å². The SMILES string of the molecule is CC1CCCN(CC(=O)Nc2ccccc2C(=O)Nc2ccc(F)cc2)C1. The van der Waals surface area contributed by atoms with Gasteiger partial charge in [0.15, 0.2) is 0 Å². The molecule has 142 valence electrons. The fourth-order valence-electron chi connectivity index (χ4n) is 3.34. The van der Waals surface area contributed by atoms with E-state index in [0.29, 0.717) is 29.4 Å². The third kappa shape index (κ3) is 5.37. The van der Waals surface area contributed by atoms with Crippen LogP contribution < -0.4 is 10.6 Å². The van der Waals surface area contributed by atoms with E-state index in [9.17, 15) is 14.0 Å². The van der Waals surface area contributed by atoms with Crippen LogP contribution >= 0.6 is 0 Å². The summed E-state index contributed by atoms with van der Waals surface area (Å²) in [5.74, 6) is -0.261. The summed E-state index contributed by atoms with van der Waals surface area (Å²) in [6.45, 7) is 4.35. The molecule has 3 rings (SSSR count).